The molecule has 0 N–H and O–H groups in total. The maximum atomic E-state index is 11.8. The van der Waals surface area contributed by atoms with Gasteiger partial charge in [0.15, 0.2) is 6.10 Å². The van der Waals surface area contributed by atoms with Gasteiger partial charge < -0.3 is 9.47 Å². The molecule has 1 unspecified atom stereocenters. The van der Waals surface area contributed by atoms with Crippen molar-refractivity contribution in [3.63, 3.8) is 0 Å². The van der Waals surface area contributed by atoms with E-state index < -0.39 is 0 Å². The Hall–Kier alpha value is -0.990. The van der Waals surface area contributed by atoms with Crippen molar-refractivity contribution in [2.75, 3.05) is 0 Å². The Morgan fingerprint density at radius 1 is 1.31 bits per heavy atom. The van der Waals surface area contributed by atoms with Crippen LogP contribution in [0.2, 0.25) is 0 Å². The third-order valence-electron chi connectivity index (χ3n) is 3.53. The van der Waals surface area contributed by atoms with Crippen molar-refractivity contribution in [2.24, 2.45) is 0 Å². The Bertz CT molecular complexity index is 324. The summed E-state index contributed by atoms with van der Waals surface area (Å²) in [5.41, 5.74) is -0.169. The lowest BCUT2D eigenvalue weighted by Gasteiger charge is -2.34. The van der Waals surface area contributed by atoms with Crippen LogP contribution in [0.3, 0.4) is 0 Å². The van der Waals surface area contributed by atoms with Crippen LogP contribution >= 0.6 is 0 Å². The van der Waals surface area contributed by atoms with Gasteiger partial charge >= 0.3 is 0 Å². The first-order chi connectivity index (χ1) is 7.52. The van der Waals surface area contributed by atoms with Crippen molar-refractivity contribution >= 4 is 5.78 Å². The number of rotatable bonds is 2. The molecule has 1 aliphatic carbocycles. The van der Waals surface area contributed by atoms with Gasteiger partial charge in [0, 0.05) is 0 Å². The highest BCUT2D eigenvalue weighted by Gasteiger charge is 2.37. The van der Waals surface area contributed by atoms with Gasteiger partial charge in [-0.05, 0) is 46.5 Å². The minimum absolute atomic E-state index is 0.00991. The summed E-state index contributed by atoms with van der Waals surface area (Å²) in [5, 5.41) is 0. The van der Waals surface area contributed by atoms with Crippen molar-refractivity contribution in [3.05, 3.63) is 11.5 Å². The van der Waals surface area contributed by atoms with Crippen LogP contribution in [0.15, 0.2) is 11.5 Å². The molecule has 0 spiro atoms. The zero-order chi connectivity index (χ0) is 11.8. The first-order valence-electron chi connectivity index (χ1n) is 6.13. The third-order valence-corrected chi connectivity index (χ3v) is 3.53. The van der Waals surface area contributed by atoms with Crippen molar-refractivity contribution in [2.45, 2.75) is 64.6 Å². The molecule has 3 nitrogen and oxygen atoms in total. The Labute approximate surface area is 96.8 Å². The third kappa shape index (κ3) is 2.08. The lowest BCUT2D eigenvalue weighted by Crippen LogP contribution is -2.32. The second-order valence-corrected chi connectivity index (χ2v) is 5.12. The molecule has 0 radical (unpaired) electrons. The zero-order valence-corrected chi connectivity index (χ0v) is 10.3. The molecule has 2 aliphatic rings. The van der Waals surface area contributed by atoms with Crippen molar-refractivity contribution < 1.29 is 14.3 Å². The normalized spacial score (nSPS) is 29.2. The maximum Gasteiger partial charge on any atom is 0.240 e. The first kappa shape index (κ1) is 11.5. The number of carbonyl (C=O) groups excluding carboxylic acids is 1. The minimum Gasteiger partial charge on any atom is -0.483 e. The van der Waals surface area contributed by atoms with Gasteiger partial charge in [0.1, 0.15) is 11.4 Å². The summed E-state index contributed by atoms with van der Waals surface area (Å²) in [6.45, 7) is 5.68. The fourth-order valence-electron chi connectivity index (χ4n) is 2.50. The fraction of sp³-hybridized carbons (Fsp3) is 0.769. The number of ether oxygens (including phenoxy) is 2. The summed E-state index contributed by atoms with van der Waals surface area (Å²) in [5.74, 6) is 1.09. The van der Waals surface area contributed by atoms with E-state index in [1.807, 2.05) is 6.92 Å². The average Bonchev–Trinajstić information content (AvgIpc) is 2.46. The average molecular weight is 224 g/mol. The van der Waals surface area contributed by atoms with Gasteiger partial charge in [-0.1, -0.05) is 6.42 Å². The Balaban J connectivity index is 2.09. The highest BCUT2D eigenvalue weighted by atomic mass is 16.6. The number of ketones is 1. The SMILES string of the molecule is CC1=C(OC2(C)CCCCC2)C(=O)C(C)O1. The standard InChI is InChI=1S/C13H20O3/c1-9-11(14)12(10(2)15-9)16-13(3)7-5-4-6-8-13/h9H,4-8H2,1-3H3. The predicted molar refractivity (Wildman–Crippen MR) is 60.8 cm³/mol. The maximum absolute atomic E-state index is 11.8. The van der Waals surface area contributed by atoms with E-state index >= 15 is 0 Å². The molecular weight excluding hydrogens is 204 g/mol. The zero-order valence-electron chi connectivity index (χ0n) is 10.3. The predicted octanol–water partition coefficient (Wildman–Crippen LogP) is 2.95. The van der Waals surface area contributed by atoms with Crippen LogP contribution in [-0.4, -0.2) is 17.5 Å². The molecule has 0 bridgehead atoms. The largest absolute Gasteiger partial charge is 0.483 e. The molecule has 90 valence electrons. The van der Waals surface area contributed by atoms with Crippen LogP contribution in [0.25, 0.3) is 0 Å². The summed E-state index contributed by atoms with van der Waals surface area (Å²) in [7, 11) is 0. The second kappa shape index (κ2) is 4.11. The quantitative estimate of drug-likeness (QED) is 0.723. The number of hydrogen-bond acceptors (Lipinski definition) is 3. The summed E-state index contributed by atoms with van der Waals surface area (Å²) in [4.78, 5) is 11.8. The lowest BCUT2D eigenvalue weighted by atomic mass is 9.86. The molecule has 2 rings (SSSR count). The molecule has 1 saturated carbocycles. The van der Waals surface area contributed by atoms with Gasteiger partial charge in [-0.3, -0.25) is 4.79 Å². The molecule has 1 aliphatic heterocycles. The molecule has 0 aromatic carbocycles. The van der Waals surface area contributed by atoms with Crippen LogP contribution in [0, 0.1) is 0 Å². The minimum atomic E-state index is -0.373. The van der Waals surface area contributed by atoms with E-state index in [0.717, 1.165) is 12.8 Å². The molecular formula is C13H20O3. The Morgan fingerprint density at radius 3 is 2.44 bits per heavy atom. The monoisotopic (exact) mass is 224 g/mol. The van der Waals surface area contributed by atoms with Crippen LogP contribution in [-0.2, 0) is 14.3 Å². The highest BCUT2D eigenvalue weighted by molar-refractivity contribution is 5.99. The van der Waals surface area contributed by atoms with Crippen molar-refractivity contribution in [3.8, 4) is 0 Å². The van der Waals surface area contributed by atoms with Crippen LogP contribution in [0.4, 0.5) is 0 Å². The van der Waals surface area contributed by atoms with E-state index in [0.29, 0.717) is 11.5 Å². The van der Waals surface area contributed by atoms with E-state index in [-0.39, 0.29) is 17.5 Å². The van der Waals surface area contributed by atoms with Crippen LogP contribution < -0.4 is 0 Å². The van der Waals surface area contributed by atoms with Gasteiger partial charge in [-0.15, -0.1) is 0 Å². The Morgan fingerprint density at radius 2 is 1.94 bits per heavy atom. The molecule has 3 heteroatoms. The van der Waals surface area contributed by atoms with E-state index in [4.69, 9.17) is 9.47 Å². The van der Waals surface area contributed by atoms with E-state index in [9.17, 15) is 4.79 Å². The highest BCUT2D eigenvalue weighted by Crippen LogP contribution is 2.35. The van der Waals surface area contributed by atoms with E-state index in [2.05, 4.69) is 6.92 Å². The number of hydrogen-bond donors (Lipinski definition) is 0. The fourth-order valence-corrected chi connectivity index (χ4v) is 2.50. The van der Waals surface area contributed by atoms with Gasteiger partial charge in [-0.25, -0.2) is 0 Å². The van der Waals surface area contributed by atoms with Gasteiger partial charge in [0.05, 0.1) is 0 Å². The van der Waals surface area contributed by atoms with Crippen molar-refractivity contribution in [1.82, 2.24) is 0 Å². The first-order valence-corrected chi connectivity index (χ1v) is 6.13. The number of Topliss-reactive ketones (excluding diaryl/α,β-unsaturated/α-hetero) is 1. The van der Waals surface area contributed by atoms with Gasteiger partial charge in [0.2, 0.25) is 11.5 Å². The molecule has 16 heavy (non-hydrogen) atoms. The molecule has 1 fully saturated rings. The molecule has 1 atom stereocenters. The van der Waals surface area contributed by atoms with Crippen LogP contribution in [0.1, 0.15) is 52.9 Å². The number of allylic oxidation sites excluding steroid dienone is 1. The Kier molecular flexibility index (Phi) is 2.96. The summed E-state index contributed by atoms with van der Waals surface area (Å²) >= 11 is 0. The molecule has 0 amide bonds. The van der Waals surface area contributed by atoms with Crippen molar-refractivity contribution in [1.29, 1.82) is 0 Å². The lowest BCUT2D eigenvalue weighted by molar-refractivity contribution is -0.126. The summed E-state index contributed by atoms with van der Waals surface area (Å²) < 4.78 is 11.3. The molecule has 0 aromatic heterocycles. The second-order valence-electron chi connectivity index (χ2n) is 5.12. The van der Waals surface area contributed by atoms with Crippen LogP contribution in [0.5, 0.6) is 0 Å². The molecule has 0 aromatic rings. The molecule has 1 heterocycles. The van der Waals surface area contributed by atoms with Gasteiger partial charge in [0.25, 0.3) is 0 Å². The van der Waals surface area contributed by atoms with Gasteiger partial charge in [-0.2, -0.15) is 0 Å². The van der Waals surface area contributed by atoms with E-state index in [1.165, 1.54) is 19.3 Å². The topological polar surface area (TPSA) is 35.5 Å². The summed E-state index contributed by atoms with van der Waals surface area (Å²) in [6, 6.07) is 0. The molecule has 0 saturated heterocycles. The summed E-state index contributed by atoms with van der Waals surface area (Å²) in [6.07, 6.45) is 5.34. The van der Waals surface area contributed by atoms with E-state index in [1.54, 1.807) is 6.92 Å². The smallest absolute Gasteiger partial charge is 0.240 e. The number of carbonyl (C=O) groups is 1.